The highest BCUT2D eigenvalue weighted by atomic mass is 35.5. The lowest BCUT2D eigenvalue weighted by atomic mass is 9.96. The zero-order chi connectivity index (χ0) is 17.4. The first-order chi connectivity index (χ1) is 12.2. The average molecular weight is 357 g/mol. The normalized spacial score (nSPS) is 14.6. The second-order valence-corrected chi connectivity index (χ2v) is 6.65. The number of nitrogens with one attached hydrogen (secondary N) is 1. The van der Waals surface area contributed by atoms with Crippen molar-refractivity contribution in [3.05, 3.63) is 53.1 Å². The molecule has 0 saturated heterocycles. The van der Waals surface area contributed by atoms with Crippen LogP contribution in [0.2, 0.25) is 5.02 Å². The molecule has 0 spiro atoms. The number of aromatic nitrogens is 2. The van der Waals surface area contributed by atoms with Gasteiger partial charge in [0.05, 0.1) is 12.1 Å². The van der Waals surface area contributed by atoms with E-state index in [-0.39, 0.29) is 5.82 Å². The summed E-state index contributed by atoms with van der Waals surface area (Å²) in [6.45, 7) is 0. The van der Waals surface area contributed by atoms with Crippen LogP contribution in [0.5, 0.6) is 5.75 Å². The van der Waals surface area contributed by atoms with Crippen molar-refractivity contribution in [3.8, 4) is 16.9 Å². The number of rotatable bonds is 3. The van der Waals surface area contributed by atoms with E-state index in [4.69, 9.17) is 16.3 Å². The van der Waals surface area contributed by atoms with Gasteiger partial charge in [-0.1, -0.05) is 17.7 Å². The van der Waals surface area contributed by atoms with E-state index in [0.29, 0.717) is 16.3 Å². The number of aromatic amines is 1. The third-order valence-electron chi connectivity index (χ3n) is 4.68. The number of hydrogen-bond donors (Lipinski definition) is 1. The van der Waals surface area contributed by atoms with Crippen molar-refractivity contribution in [2.75, 3.05) is 7.11 Å². The van der Waals surface area contributed by atoms with E-state index in [1.54, 1.807) is 19.4 Å². The van der Waals surface area contributed by atoms with Gasteiger partial charge in [0, 0.05) is 28.4 Å². The summed E-state index contributed by atoms with van der Waals surface area (Å²) < 4.78 is 19.3. The molecule has 2 heterocycles. The van der Waals surface area contributed by atoms with Gasteiger partial charge >= 0.3 is 0 Å². The molecule has 1 aliphatic carbocycles. The Hall–Kier alpha value is -2.33. The van der Waals surface area contributed by atoms with E-state index in [2.05, 4.69) is 22.1 Å². The van der Waals surface area contributed by atoms with Crippen LogP contribution in [0.1, 0.15) is 31.4 Å². The van der Waals surface area contributed by atoms with Gasteiger partial charge in [-0.25, -0.2) is 9.37 Å². The third-order valence-corrected chi connectivity index (χ3v) is 4.97. The Morgan fingerprint density at radius 3 is 2.88 bits per heavy atom. The molecule has 128 valence electrons. The molecular formula is C20H18ClFN2O. The Morgan fingerprint density at radius 1 is 1.24 bits per heavy atom. The maximum Gasteiger partial charge on any atom is 0.138 e. The molecule has 0 atom stereocenters. The summed E-state index contributed by atoms with van der Waals surface area (Å²) in [5.41, 5.74) is 4.47. The smallest absolute Gasteiger partial charge is 0.138 e. The third kappa shape index (κ3) is 2.91. The van der Waals surface area contributed by atoms with E-state index >= 15 is 0 Å². The van der Waals surface area contributed by atoms with E-state index < -0.39 is 0 Å². The molecule has 5 heteroatoms. The molecule has 0 bridgehead atoms. The number of methoxy groups -OCH3 is 1. The van der Waals surface area contributed by atoms with Crippen molar-refractivity contribution in [2.24, 2.45) is 0 Å². The van der Waals surface area contributed by atoms with Gasteiger partial charge in [0.1, 0.15) is 17.2 Å². The summed E-state index contributed by atoms with van der Waals surface area (Å²) in [6.07, 6.45) is 8.46. The van der Waals surface area contributed by atoms with Crippen molar-refractivity contribution in [2.45, 2.75) is 25.7 Å². The fourth-order valence-electron chi connectivity index (χ4n) is 3.46. The molecule has 0 saturated carbocycles. The fourth-order valence-corrected chi connectivity index (χ4v) is 3.71. The van der Waals surface area contributed by atoms with E-state index in [9.17, 15) is 4.39 Å². The highest BCUT2D eigenvalue weighted by Crippen LogP contribution is 2.41. The molecule has 0 unspecified atom stereocenters. The van der Waals surface area contributed by atoms with Crippen molar-refractivity contribution >= 4 is 28.2 Å². The van der Waals surface area contributed by atoms with Crippen LogP contribution in [0, 0.1) is 5.82 Å². The summed E-state index contributed by atoms with van der Waals surface area (Å²) in [5, 5.41) is 1.34. The maximum atomic E-state index is 13.9. The van der Waals surface area contributed by atoms with E-state index in [1.165, 1.54) is 30.5 Å². The molecule has 1 aliphatic rings. The van der Waals surface area contributed by atoms with Gasteiger partial charge in [-0.15, -0.1) is 0 Å². The number of nitrogens with zero attached hydrogens (tertiary/aromatic N) is 1. The molecule has 0 fully saturated rings. The van der Waals surface area contributed by atoms with Crippen LogP contribution in [0.3, 0.4) is 0 Å². The van der Waals surface area contributed by atoms with Gasteiger partial charge in [-0.2, -0.15) is 0 Å². The molecule has 3 aromatic rings. The SMILES string of the molecule is COc1ccc(F)cc1-c1c(Cl)cnc2[nH]c(C3=CCCCC3)cc12. The monoisotopic (exact) mass is 356 g/mol. The van der Waals surface area contributed by atoms with Crippen molar-refractivity contribution < 1.29 is 9.13 Å². The number of ether oxygens (including phenoxy) is 1. The summed E-state index contributed by atoms with van der Waals surface area (Å²) in [6, 6.07) is 6.51. The van der Waals surface area contributed by atoms with Gasteiger partial charge in [-0.3, -0.25) is 0 Å². The second kappa shape index (κ2) is 6.52. The van der Waals surface area contributed by atoms with Crippen LogP contribution in [0.4, 0.5) is 4.39 Å². The van der Waals surface area contributed by atoms with Crippen LogP contribution in [0.15, 0.2) is 36.5 Å². The van der Waals surface area contributed by atoms with Crippen LogP contribution in [-0.2, 0) is 0 Å². The van der Waals surface area contributed by atoms with Gasteiger partial charge in [0.2, 0.25) is 0 Å². The summed E-state index contributed by atoms with van der Waals surface area (Å²) >= 11 is 6.45. The predicted molar refractivity (Wildman–Crippen MR) is 99.5 cm³/mol. The highest BCUT2D eigenvalue weighted by molar-refractivity contribution is 6.34. The first-order valence-electron chi connectivity index (χ1n) is 8.38. The topological polar surface area (TPSA) is 37.9 Å². The molecule has 3 nitrogen and oxygen atoms in total. The number of H-pyrrole nitrogens is 1. The Bertz CT molecular complexity index is 977. The molecule has 1 N–H and O–H groups in total. The first-order valence-corrected chi connectivity index (χ1v) is 8.75. The summed E-state index contributed by atoms with van der Waals surface area (Å²) in [7, 11) is 1.57. The standard InChI is InChI=1S/C20H18ClFN2O/c1-25-18-8-7-13(22)9-14(18)19-15-10-17(12-5-3-2-4-6-12)24-20(15)23-11-16(19)21/h5,7-11H,2-4,6H2,1H3,(H,23,24). The first kappa shape index (κ1) is 16.2. The fraction of sp³-hybridized carbons (Fsp3) is 0.250. The number of allylic oxidation sites excluding steroid dienone is 2. The quantitative estimate of drug-likeness (QED) is 0.626. The summed E-state index contributed by atoms with van der Waals surface area (Å²) in [5.74, 6) is 0.248. The van der Waals surface area contributed by atoms with Crippen molar-refractivity contribution in [3.63, 3.8) is 0 Å². The molecular weight excluding hydrogens is 339 g/mol. The molecule has 0 amide bonds. The number of benzene rings is 1. The predicted octanol–water partition coefficient (Wildman–Crippen LogP) is 5.99. The Labute approximate surface area is 150 Å². The minimum Gasteiger partial charge on any atom is -0.496 e. The Morgan fingerprint density at radius 2 is 2.12 bits per heavy atom. The van der Waals surface area contributed by atoms with Crippen LogP contribution >= 0.6 is 11.6 Å². The van der Waals surface area contributed by atoms with Crippen LogP contribution < -0.4 is 4.74 Å². The van der Waals surface area contributed by atoms with Crippen molar-refractivity contribution in [1.29, 1.82) is 0 Å². The lowest BCUT2D eigenvalue weighted by Crippen LogP contribution is -1.91. The molecule has 0 aliphatic heterocycles. The van der Waals surface area contributed by atoms with Crippen molar-refractivity contribution in [1.82, 2.24) is 9.97 Å². The molecule has 2 aromatic heterocycles. The number of halogens is 2. The molecule has 25 heavy (non-hydrogen) atoms. The average Bonchev–Trinajstić information content (AvgIpc) is 3.06. The molecule has 1 aromatic carbocycles. The van der Waals surface area contributed by atoms with E-state index in [0.717, 1.165) is 35.1 Å². The number of hydrogen-bond acceptors (Lipinski definition) is 2. The van der Waals surface area contributed by atoms with Crippen LogP contribution in [0.25, 0.3) is 27.7 Å². The summed E-state index contributed by atoms with van der Waals surface area (Å²) in [4.78, 5) is 7.79. The van der Waals surface area contributed by atoms with Gasteiger partial charge in [0.25, 0.3) is 0 Å². The largest absolute Gasteiger partial charge is 0.496 e. The minimum absolute atomic E-state index is 0.331. The lowest BCUT2D eigenvalue weighted by Gasteiger charge is -2.11. The maximum absolute atomic E-state index is 13.9. The number of pyridine rings is 1. The molecule has 4 rings (SSSR count). The Balaban J connectivity index is 1.95. The van der Waals surface area contributed by atoms with Gasteiger partial charge < -0.3 is 9.72 Å². The highest BCUT2D eigenvalue weighted by Gasteiger charge is 2.18. The minimum atomic E-state index is -0.331. The molecule has 0 radical (unpaired) electrons. The second-order valence-electron chi connectivity index (χ2n) is 6.25. The lowest BCUT2D eigenvalue weighted by molar-refractivity contribution is 0.415. The van der Waals surface area contributed by atoms with Gasteiger partial charge in [-0.05, 0) is 55.5 Å². The zero-order valence-electron chi connectivity index (χ0n) is 13.9. The zero-order valence-corrected chi connectivity index (χ0v) is 14.7. The van der Waals surface area contributed by atoms with E-state index in [1.807, 2.05) is 0 Å². The number of fused-ring (bicyclic) bond motifs is 1. The van der Waals surface area contributed by atoms with Gasteiger partial charge in [0.15, 0.2) is 0 Å². The van der Waals surface area contributed by atoms with Crippen LogP contribution in [-0.4, -0.2) is 17.1 Å². The Kier molecular flexibility index (Phi) is 4.22.